The van der Waals surface area contributed by atoms with Crippen LogP contribution in [0, 0.1) is 6.92 Å². The van der Waals surface area contributed by atoms with Crippen LogP contribution in [0.3, 0.4) is 0 Å². The summed E-state index contributed by atoms with van der Waals surface area (Å²) in [5, 5.41) is 5.25. The normalized spacial score (nSPS) is 14.5. The Balaban J connectivity index is 1.36. The quantitative estimate of drug-likeness (QED) is 0.560. The summed E-state index contributed by atoms with van der Waals surface area (Å²) in [7, 11) is 0. The fraction of sp³-hybridized carbons (Fsp3) is 0.350. The van der Waals surface area contributed by atoms with Crippen LogP contribution in [0.1, 0.15) is 16.1 Å². The summed E-state index contributed by atoms with van der Waals surface area (Å²) >= 11 is 3.40. The van der Waals surface area contributed by atoms with E-state index < -0.39 is 11.8 Å². The lowest BCUT2D eigenvalue weighted by atomic mass is 10.2. The zero-order valence-corrected chi connectivity index (χ0v) is 17.8. The third kappa shape index (κ3) is 5.68. The van der Waals surface area contributed by atoms with Gasteiger partial charge in [-0.15, -0.1) is 0 Å². The Morgan fingerprint density at radius 1 is 1.17 bits per heavy atom. The Bertz CT molecular complexity index is 877. The van der Waals surface area contributed by atoms with E-state index in [-0.39, 0.29) is 5.91 Å². The van der Waals surface area contributed by atoms with Crippen molar-refractivity contribution < 1.29 is 23.7 Å². The van der Waals surface area contributed by atoms with Gasteiger partial charge in [0.1, 0.15) is 0 Å². The van der Waals surface area contributed by atoms with Gasteiger partial charge in [0.15, 0.2) is 5.76 Å². The molecule has 154 valence electrons. The van der Waals surface area contributed by atoms with Crippen molar-refractivity contribution in [2.24, 2.45) is 0 Å². The number of anilines is 1. The molecule has 29 heavy (non-hydrogen) atoms. The predicted octanol–water partition coefficient (Wildman–Crippen LogP) is 0.446. The maximum atomic E-state index is 12.3. The topological polar surface area (TPSA) is 96.1 Å². The molecule has 0 aliphatic carbocycles. The number of carbonyl (C=O) groups is 3. The number of hydrogen-bond acceptors (Lipinski definition) is 4. The third-order valence-electron chi connectivity index (χ3n) is 4.88. The summed E-state index contributed by atoms with van der Waals surface area (Å²) in [6.45, 7) is 5.83. The molecule has 2 heterocycles. The van der Waals surface area contributed by atoms with E-state index >= 15 is 0 Å². The first kappa shape index (κ1) is 21.1. The third-order valence-corrected chi connectivity index (χ3v) is 5.77. The highest BCUT2D eigenvalue weighted by atomic mass is 79.9. The summed E-state index contributed by atoms with van der Waals surface area (Å²) in [5.74, 6) is -1.08. The molecule has 0 radical (unpaired) electrons. The van der Waals surface area contributed by atoms with Crippen molar-refractivity contribution in [1.29, 1.82) is 0 Å². The molecule has 0 spiro atoms. The Hall–Kier alpha value is -2.65. The van der Waals surface area contributed by atoms with Gasteiger partial charge in [-0.1, -0.05) is 15.9 Å². The summed E-state index contributed by atoms with van der Waals surface area (Å²) in [6, 6.07) is 8.71. The van der Waals surface area contributed by atoms with Crippen LogP contribution in [0.25, 0.3) is 0 Å². The van der Waals surface area contributed by atoms with Crippen molar-refractivity contribution in [1.82, 2.24) is 10.2 Å². The van der Waals surface area contributed by atoms with E-state index in [0.717, 1.165) is 23.1 Å². The fourth-order valence-corrected chi connectivity index (χ4v) is 3.42. The summed E-state index contributed by atoms with van der Waals surface area (Å²) in [5.41, 5.74) is 1.55. The average molecular weight is 464 g/mol. The molecule has 0 unspecified atom stereocenters. The Labute approximate surface area is 177 Å². The van der Waals surface area contributed by atoms with Gasteiger partial charge in [-0.2, -0.15) is 0 Å². The molecular formula is C20H24BrN4O4+. The van der Waals surface area contributed by atoms with E-state index in [4.69, 9.17) is 4.42 Å². The summed E-state index contributed by atoms with van der Waals surface area (Å²) < 4.78 is 6.10. The minimum atomic E-state index is -0.685. The molecule has 3 amide bonds. The van der Waals surface area contributed by atoms with Gasteiger partial charge in [0.25, 0.3) is 5.91 Å². The van der Waals surface area contributed by atoms with Crippen LogP contribution in [0.15, 0.2) is 45.5 Å². The second kappa shape index (κ2) is 9.71. The van der Waals surface area contributed by atoms with Crippen LogP contribution < -0.4 is 15.5 Å². The van der Waals surface area contributed by atoms with Gasteiger partial charge < -0.3 is 24.9 Å². The lowest BCUT2D eigenvalue weighted by molar-refractivity contribution is -0.902. The maximum Gasteiger partial charge on any atom is 0.313 e. The molecule has 1 aromatic carbocycles. The second-order valence-electron chi connectivity index (χ2n) is 6.94. The molecule has 0 saturated carbocycles. The van der Waals surface area contributed by atoms with E-state index in [1.165, 1.54) is 11.2 Å². The molecule has 1 aliphatic rings. The van der Waals surface area contributed by atoms with Crippen LogP contribution in [-0.2, 0) is 9.59 Å². The smallest absolute Gasteiger partial charge is 0.313 e. The van der Waals surface area contributed by atoms with Gasteiger partial charge in [-0.3, -0.25) is 14.4 Å². The highest BCUT2D eigenvalue weighted by Gasteiger charge is 2.25. The number of nitrogens with one attached hydrogen (secondary N) is 3. The molecule has 1 aliphatic heterocycles. The van der Waals surface area contributed by atoms with Crippen LogP contribution in [-0.4, -0.2) is 61.9 Å². The fourth-order valence-electron chi connectivity index (χ4n) is 3.18. The summed E-state index contributed by atoms with van der Waals surface area (Å²) in [6.07, 6.45) is 1.49. The van der Waals surface area contributed by atoms with Crippen molar-refractivity contribution >= 4 is 39.3 Å². The number of carbonyl (C=O) groups excluding carboxylic acids is 3. The molecule has 1 fully saturated rings. The standard InChI is InChI=1S/C20H23BrN4O4/c1-14-13-15(4-5-16(14)21)23-19(27)18(26)22-6-7-24-8-10-25(11-9-24)20(28)17-3-2-12-29-17/h2-5,12-13H,6-11H2,1H3,(H,22,26)(H,23,27)/p+1. The van der Waals surface area contributed by atoms with Gasteiger partial charge in [0, 0.05) is 10.2 Å². The van der Waals surface area contributed by atoms with Crippen molar-refractivity contribution in [2.45, 2.75) is 6.92 Å². The monoisotopic (exact) mass is 463 g/mol. The highest BCUT2D eigenvalue weighted by Crippen LogP contribution is 2.19. The SMILES string of the molecule is Cc1cc(NC(=O)C(=O)NCC[NH+]2CCN(C(=O)c3ccco3)CC2)ccc1Br. The first-order valence-electron chi connectivity index (χ1n) is 9.45. The zero-order chi connectivity index (χ0) is 20.8. The van der Waals surface area contributed by atoms with Crippen LogP contribution in [0.5, 0.6) is 0 Å². The number of nitrogens with zero attached hydrogens (tertiary/aromatic N) is 1. The maximum absolute atomic E-state index is 12.3. The number of quaternary nitrogens is 1. The number of rotatable bonds is 5. The highest BCUT2D eigenvalue weighted by molar-refractivity contribution is 9.10. The Kier molecular flexibility index (Phi) is 7.05. The number of amides is 3. The molecule has 0 bridgehead atoms. The number of piperazine rings is 1. The van der Waals surface area contributed by atoms with Crippen molar-refractivity contribution in [3.63, 3.8) is 0 Å². The first-order chi connectivity index (χ1) is 13.9. The minimum absolute atomic E-state index is 0.0952. The molecule has 2 aromatic rings. The molecule has 1 saturated heterocycles. The molecule has 8 nitrogen and oxygen atoms in total. The van der Waals surface area contributed by atoms with Gasteiger partial charge in [0.2, 0.25) is 0 Å². The molecule has 1 aromatic heterocycles. The van der Waals surface area contributed by atoms with Crippen LogP contribution in [0.4, 0.5) is 5.69 Å². The van der Waals surface area contributed by atoms with E-state index in [1.807, 2.05) is 13.0 Å². The predicted molar refractivity (Wildman–Crippen MR) is 111 cm³/mol. The Morgan fingerprint density at radius 3 is 2.59 bits per heavy atom. The molecule has 0 atom stereocenters. The van der Waals surface area contributed by atoms with Gasteiger partial charge in [0.05, 0.1) is 45.5 Å². The zero-order valence-electron chi connectivity index (χ0n) is 16.2. The molecule has 3 rings (SSSR count). The summed E-state index contributed by atoms with van der Waals surface area (Å²) in [4.78, 5) is 39.3. The van der Waals surface area contributed by atoms with E-state index in [1.54, 1.807) is 29.2 Å². The molecule has 9 heteroatoms. The van der Waals surface area contributed by atoms with Crippen molar-refractivity contribution in [3.8, 4) is 0 Å². The number of benzene rings is 1. The van der Waals surface area contributed by atoms with Crippen molar-refractivity contribution in [2.75, 3.05) is 44.6 Å². The number of aryl methyl sites for hydroxylation is 1. The van der Waals surface area contributed by atoms with Crippen LogP contribution in [0.2, 0.25) is 0 Å². The Morgan fingerprint density at radius 2 is 1.93 bits per heavy atom. The van der Waals surface area contributed by atoms with Crippen molar-refractivity contribution in [3.05, 3.63) is 52.4 Å². The average Bonchev–Trinajstić information content (AvgIpc) is 3.25. The minimum Gasteiger partial charge on any atom is -0.459 e. The molecule has 3 N–H and O–H groups in total. The van der Waals surface area contributed by atoms with E-state index in [2.05, 4.69) is 26.6 Å². The number of furan rings is 1. The lowest BCUT2D eigenvalue weighted by Gasteiger charge is -2.31. The number of hydrogen-bond donors (Lipinski definition) is 3. The second-order valence-corrected chi connectivity index (χ2v) is 7.80. The van der Waals surface area contributed by atoms with Gasteiger partial charge in [-0.25, -0.2) is 0 Å². The van der Waals surface area contributed by atoms with Gasteiger partial charge in [-0.05, 0) is 42.8 Å². The van der Waals surface area contributed by atoms with E-state index in [0.29, 0.717) is 37.6 Å². The van der Waals surface area contributed by atoms with E-state index in [9.17, 15) is 14.4 Å². The van der Waals surface area contributed by atoms with Gasteiger partial charge >= 0.3 is 11.8 Å². The molecular weight excluding hydrogens is 440 g/mol. The lowest BCUT2D eigenvalue weighted by Crippen LogP contribution is -3.15. The van der Waals surface area contributed by atoms with Crippen LogP contribution >= 0.6 is 15.9 Å². The largest absolute Gasteiger partial charge is 0.459 e. The number of halogens is 1. The first-order valence-corrected chi connectivity index (χ1v) is 10.2.